The molecule has 5 heteroatoms. The van der Waals surface area contributed by atoms with Crippen molar-refractivity contribution < 1.29 is 14.7 Å². The molecule has 5 nitrogen and oxygen atoms in total. The molecule has 0 saturated heterocycles. The Morgan fingerprint density at radius 3 is 2.57 bits per heavy atom. The number of aliphatic carboxylic acids is 1. The van der Waals surface area contributed by atoms with E-state index >= 15 is 0 Å². The van der Waals surface area contributed by atoms with Crippen LogP contribution in [0.15, 0.2) is 0 Å². The Bertz CT molecular complexity index is 226. The van der Waals surface area contributed by atoms with Crippen LogP contribution in [-0.2, 0) is 4.79 Å². The van der Waals surface area contributed by atoms with Crippen LogP contribution in [0.2, 0.25) is 0 Å². The van der Waals surface area contributed by atoms with Crippen LogP contribution in [0.3, 0.4) is 0 Å². The Morgan fingerprint density at radius 2 is 2.14 bits per heavy atom. The molecule has 1 aliphatic rings. The van der Waals surface area contributed by atoms with Gasteiger partial charge in [-0.1, -0.05) is 6.42 Å². The summed E-state index contributed by atoms with van der Waals surface area (Å²) in [7, 11) is 1.48. The highest BCUT2D eigenvalue weighted by molar-refractivity contribution is 5.79. The highest BCUT2D eigenvalue weighted by Gasteiger charge is 2.19. The Morgan fingerprint density at radius 1 is 1.50 bits per heavy atom. The number of rotatable bonds is 4. The molecule has 0 radical (unpaired) electrons. The van der Waals surface area contributed by atoms with Crippen LogP contribution in [0, 0.1) is 5.92 Å². The molecule has 0 aromatic heterocycles. The first kappa shape index (κ1) is 10.8. The molecule has 2 amide bonds. The van der Waals surface area contributed by atoms with Gasteiger partial charge in [-0.3, -0.25) is 4.79 Å². The molecule has 0 aromatic rings. The highest BCUT2D eigenvalue weighted by Crippen LogP contribution is 2.25. The molecule has 1 saturated carbocycles. The Balaban J connectivity index is 2.15. The number of hydrogen-bond donors (Lipinski definition) is 2. The largest absolute Gasteiger partial charge is 0.480 e. The Labute approximate surface area is 83.1 Å². The predicted octanol–water partition coefficient (Wildman–Crippen LogP) is 0.512. The van der Waals surface area contributed by atoms with E-state index in [2.05, 4.69) is 5.32 Å². The number of likely N-dealkylation sites (N-methyl/N-ethyl adjacent to an activating group) is 1. The van der Waals surface area contributed by atoms with E-state index in [1.165, 1.54) is 31.2 Å². The minimum Gasteiger partial charge on any atom is -0.480 e. The summed E-state index contributed by atoms with van der Waals surface area (Å²) in [5.41, 5.74) is 0. The highest BCUT2D eigenvalue weighted by atomic mass is 16.4. The lowest BCUT2D eigenvalue weighted by molar-refractivity contribution is -0.137. The number of carbonyl (C=O) groups is 2. The first-order valence-electron chi connectivity index (χ1n) is 4.80. The van der Waals surface area contributed by atoms with Gasteiger partial charge in [-0.25, -0.2) is 4.79 Å². The van der Waals surface area contributed by atoms with Crippen LogP contribution in [0.1, 0.15) is 19.3 Å². The number of urea groups is 1. The lowest BCUT2D eigenvalue weighted by atomic mass is 9.85. The van der Waals surface area contributed by atoms with Crippen molar-refractivity contribution in [2.24, 2.45) is 5.92 Å². The Hall–Kier alpha value is -1.26. The summed E-state index contributed by atoms with van der Waals surface area (Å²) < 4.78 is 0. The summed E-state index contributed by atoms with van der Waals surface area (Å²) in [6.45, 7) is 0.416. The number of carbonyl (C=O) groups excluding carboxylic acids is 1. The summed E-state index contributed by atoms with van der Waals surface area (Å²) in [5, 5.41) is 11.2. The molecule has 0 aliphatic heterocycles. The monoisotopic (exact) mass is 200 g/mol. The SMILES string of the molecule is CN(CC(=O)O)C(=O)NCC1CCC1. The predicted molar refractivity (Wildman–Crippen MR) is 51.0 cm³/mol. The van der Waals surface area contributed by atoms with Gasteiger partial charge in [-0.05, 0) is 18.8 Å². The van der Waals surface area contributed by atoms with Crippen molar-refractivity contribution in [3.8, 4) is 0 Å². The first-order chi connectivity index (χ1) is 6.59. The topological polar surface area (TPSA) is 69.6 Å². The molecule has 1 aliphatic carbocycles. The van der Waals surface area contributed by atoms with Gasteiger partial charge in [-0.2, -0.15) is 0 Å². The number of amides is 2. The molecule has 80 valence electrons. The van der Waals surface area contributed by atoms with E-state index < -0.39 is 5.97 Å². The van der Waals surface area contributed by atoms with E-state index in [-0.39, 0.29) is 12.6 Å². The zero-order valence-electron chi connectivity index (χ0n) is 8.32. The summed E-state index contributed by atoms with van der Waals surface area (Å²) in [4.78, 5) is 22.7. The second-order valence-electron chi connectivity index (χ2n) is 3.73. The fourth-order valence-electron chi connectivity index (χ4n) is 1.34. The summed E-state index contributed by atoms with van der Waals surface area (Å²) in [6, 6.07) is -0.306. The molecule has 0 unspecified atom stereocenters. The van der Waals surface area contributed by atoms with E-state index in [9.17, 15) is 9.59 Å². The summed E-state index contributed by atoms with van der Waals surface area (Å²) >= 11 is 0. The van der Waals surface area contributed by atoms with Crippen LogP contribution in [-0.4, -0.2) is 42.1 Å². The number of nitrogens with zero attached hydrogens (tertiary/aromatic N) is 1. The third-order valence-corrected chi connectivity index (χ3v) is 2.49. The van der Waals surface area contributed by atoms with Crippen molar-refractivity contribution >= 4 is 12.0 Å². The molecular weight excluding hydrogens is 184 g/mol. The van der Waals surface area contributed by atoms with Crippen LogP contribution >= 0.6 is 0 Å². The molecule has 14 heavy (non-hydrogen) atoms. The molecule has 2 N–H and O–H groups in total. The number of hydrogen-bond acceptors (Lipinski definition) is 2. The average Bonchev–Trinajstić information content (AvgIpc) is 1.99. The van der Waals surface area contributed by atoms with Gasteiger partial charge in [0.2, 0.25) is 0 Å². The number of carboxylic acid groups (broad SMARTS) is 1. The molecule has 0 bridgehead atoms. The van der Waals surface area contributed by atoms with Crippen molar-refractivity contribution in [3.63, 3.8) is 0 Å². The third kappa shape index (κ3) is 3.24. The number of carboxylic acids is 1. The van der Waals surface area contributed by atoms with Crippen molar-refractivity contribution in [1.29, 1.82) is 0 Å². The molecule has 1 fully saturated rings. The number of nitrogens with one attached hydrogen (secondary N) is 1. The molecular formula is C9H16N2O3. The zero-order valence-corrected chi connectivity index (χ0v) is 8.32. The van der Waals surface area contributed by atoms with Crippen LogP contribution in [0.4, 0.5) is 4.79 Å². The average molecular weight is 200 g/mol. The second-order valence-corrected chi connectivity index (χ2v) is 3.73. The maximum Gasteiger partial charge on any atom is 0.323 e. The van der Waals surface area contributed by atoms with E-state index in [1.54, 1.807) is 0 Å². The van der Waals surface area contributed by atoms with Crippen LogP contribution in [0.5, 0.6) is 0 Å². The van der Waals surface area contributed by atoms with E-state index in [1.807, 2.05) is 0 Å². The van der Waals surface area contributed by atoms with Gasteiger partial charge in [0.1, 0.15) is 6.54 Å². The van der Waals surface area contributed by atoms with Gasteiger partial charge in [0.05, 0.1) is 0 Å². The van der Waals surface area contributed by atoms with Crippen molar-refractivity contribution in [2.45, 2.75) is 19.3 Å². The maximum absolute atomic E-state index is 11.3. The van der Waals surface area contributed by atoms with Gasteiger partial charge in [-0.15, -0.1) is 0 Å². The molecule has 0 spiro atoms. The quantitative estimate of drug-likeness (QED) is 0.694. The van der Waals surface area contributed by atoms with Gasteiger partial charge in [0.25, 0.3) is 0 Å². The second kappa shape index (κ2) is 4.83. The molecule has 0 atom stereocenters. The Kier molecular flexibility index (Phi) is 3.73. The first-order valence-corrected chi connectivity index (χ1v) is 4.80. The van der Waals surface area contributed by atoms with E-state index in [0.29, 0.717) is 12.5 Å². The molecule has 0 heterocycles. The van der Waals surface area contributed by atoms with Crippen LogP contribution in [0.25, 0.3) is 0 Å². The normalized spacial score (nSPS) is 15.8. The minimum atomic E-state index is -0.994. The fraction of sp³-hybridized carbons (Fsp3) is 0.778. The lowest BCUT2D eigenvalue weighted by Crippen LogP contribution is -2.42. The molecule has 0 aromatic carbocycles. The minimum absolute atomic E-state index is 0.253. The fourth-order valence-corrected chi connectivity index (χ4v) is 1.34. The van der Waals surface area contributed by atoms with E-state index in [0.717, 1.165) is 0 Å². The van der Waals surface area contributed by atoms with Gasteiger partial charge in [0.15, 0.2) is 0 Å². The van der Waals surface area contributed by atoms with Gasteiger partial charge >= 0.3 is 12.0 Å². The van der Waals surface area contributed by atoms with Gasteiger partial charge in [0, 0.05) is 13.6 Å². The van der Waals surface area contributed by atoms with Crippen molar-refractivity contribution in [1.82, 2.24) is 10.2 Å². The lowest BCUT2D eigenvalue weighted by Gasteiger charge is -2.26. The van der Waals surface area contributed by atoms with Crippen LogP contribution < -0.4 is 5.32 Å². The van der Waals surface area contributed by atoms with Crippen molar-refractivity contribution in [2.75, 3.05) is 20.1 Å². The third-order valence-electron chi connectivity index (χ3n) is 2.49. The summed E-state index contributed by atoms with van der Waals surface area (Å²) in [6.07, 6.45) is 3.58. The smallest absolute Gasteiger partial charge is 0.323 e. The maximum atomic E-state index is 11.3. The standard InChI is InChI=1S/C9H16N2O3/c1-11(6-8(12)13)9(14)10-5-7-3-2-4-7/h7H,2-6H2,1H3,(H,10,14)(H,12,13). The zero-order chi connectivity index (χ0) is 10.6. The molecule has 1 rings (SSSR count). The van der Waals surface area contributed by atoms with Gasteiger partial charge < -0.3 is 15.3 Å². The van der Waals surface area contributed by atoms with E-state index in [4.69, 9.17) is 5.11 Å². The van der Waals surface area contributed by atoms with Crippen molar-refractivity contribution in [3.05, 3.63) is 0 Å². The summed E-state index contributed by atoms with van der Waals surface area (Å²) in [5.74, 6) is -0.400.